The summed E-state index contributed by atoms with van der Waals surface area (Å²) in [7, 11) is 0. The van der Waals surface area contributed by atoms with Crippen LogP contribution in [0.4, 0.5) is 26.3 Å². The molecule has 0 amide bonds. The highest BCUT2D eigenvalue weighted by atomic mass is 19.4. The first kappa shape index (κ1) is 25.7. The maximum absolute atomic E-state index is 13.8. The summed E-state index contributed by atoms with van der Waals surface area (Å²) in [6.07, 6.45) is -8.80. The molecule has 0 saturated carbocycles. The van der Waals surface area contributed by atoms with E-state index < -0.39 is 57.8 Å². The minimum atomic E-state index is -4.85. The van der Waals surface area contributed by atoms with Gasteiger partial charge in [0.2, 0.25) is 0 Å². The summed E-state index contributed by atoms with van der Waals surface area (Å²) in [6.45, 7) is 2.88. The van der Waals surface area contributed by atoms with Gasteiger partial charge in [-0.3, -0.25) is 0 Å². The Morgan fingerprint density at radius 1 is 0.919 bits per heavy atom. The molecule has 0 saturated heterocycles. The van der Waals surface area contributed by atoms with E-state index in [4.69, 9.17) is 4.52 Å². The number of aliphatic carboxylic acids is 1. The van der Waals surface area contributed by atoms with Crippen molar-refractivity contribution >= 4 is 17.7 Å². The molecule has 2 aromatic heterocycles. The first-order valence-electron chi connectivity index (χ1n) is 10.5. The van der Waals surface area contributed by atoms with E-state index in [1.54, 1.807) is 0 Å². The number of carboxylic acids is 1. The third kappa shape index (κ3) is 4.97. The molecule has 0 fully saturated rings. The third-order valence-electron chi connectivity index (χ3n) is 5.36. The molecule has 4 rings (SSSR count). The lowest BCUT2D eigenvalue weighted by molar-refractivity contribution is -0.137. The van der Waals surface area contributed by atoms with Crippen molar-refractivity contribution in [1.82, 2.24) is 19.9 Å². The van der Waals surface area contributed by atoms with Gasteiger partial charge in [-0.1, -0.05) is 41.6 Å². The van der Waals surface area contributed by atoms with Crippen LogP contribution in [0.3, 0.4) is 0 Å². The largest absolute Gasteiger partial charge is 0.478 e. The number of alkyl halides is 6. The van der Waals surface area contributed by atoms with Gasteiger partial charge in [0.25, 0.3) is 0 Å². The van der Waals surface area contributed by atoms with Crippen LogP contribution >= 0.6 is 0 Å². The van der Waals surface area contributed by atoms with E-state index in [1.807, 2.05) is 0 Å². The summed E-state index contributed by atoms with van der Waals surface area (Å²) in [6, 6.07) is 8.53. The van der Waals surface area contributed by atoms with E-state index in [0.29, 0.717) is 4.68 Å². The number of rotatable bonds is 5. The van der Waals surface area contributed by atoms with E-state index in [9.17, 15) is 36.2 Å². The number of benzene rings is 2. The van der Waals surface area contributed by atoms with Gasteiger partial charge < -0.3 is 9.63 Å². The molecule has 0 atom stereocenters. The van der Waals surface area contributed by atoms with Gasteiger partial charge in [0, 0.05) is 17.3 Å². The molecule has 0 aliphatic heterocycles. The number of carboxylic acid groups (broad SMARTS) is 1. The minimum Gasteiger partial charge on any atom is -0.478 e. The quantitative estimate of drug-likeness (QED) is 0.243. The van der Waals surface area contributed by atoms with Crippen LogP contribution in [-0.4, -0.2) is 31.0 Å². The van der Waals surface area contributed by atoms with Crippen LogP contribution in [0.1, 0.15) is 28.1 Å². The molecule has 0 aliphatic rings. The van der Waals surface area contributed by atoms with Gasteiger partial charge in [-0.25, -0.2) is 14.5 Å². The SMILES string of the molecule is Cc1noc(C)c1C(=Cn1nc(-c2ccccc2C(F)(F)F)nc1-c1ccccc1C(F)(F)F)C(=O)O. The summed E-state index contributed by atoms with van der Waals surface area (Å²) in [5.74, 6) is -2.48. The van der Waals surface area contributed by atoms with Gasteiger partial charge >= 0.3 is 18.3 Å². The highest BCUT2D eigenvalue weighted by Gasteiger charge is 2.37. The van der Waals surface area contributed by atoms with Gasteiger partial charge in [-0.05, 0) is 26.0 Å². The Labute approximate surface area is 204 Å². The molecule has 0 spiro atoms. The van der Waals surface area contributed by atoms with Crippen LogP contribution in [0.25, 0.3) is 34.5 Å². The Kier molecular flexibility index (Phi) is 6.40. The predicted octanol–water partition coefficient (Wildman–Crippen LogP) is 6.34. The Hall–Kier alpha value is -4.42. The lowest BCUT2D eigenvalue weighted by atomic mass is 10.0. The molecule has 0 aliphatic carbocycles. The second-order valence-electron chi connectivity index (χ2n) is 7.84. The maximum Gasteiger partial charge on any atom is 0.417 e. The number of nitrogens with zero attached hydrogens (tertiary/aromatic N) is 4. The van der Waals surface area contributed by atoms with E-state index in [1.165, 1.54) is 26.0 Å². The first-order chi connectivity index (χ1) is 17.3. The van der Waals surface area contributed by atoms with Crippen LogP contribution in [0.5, 0.6) is 0 Å². The Bertz CT molecular complexity index is 1500. The molecule has 7 nitrogen and oxygen atoms in total. The fraction of sp³-hybridized carbons (Fsp3) is 0.167. The number of aromatic nitrogens is 4. The zero-order valence-corrected chi connectivity index (χ0v) is 19.0. The zero-order chi connectivity index (χ0) is 27.1. The molecule has 2 aromatic carbocycles. The number of aryl methyl sites for hydroxylation is 2. The Morgan fingerprint density at radius 3 is 1.97 bits per heavy atom. The first-order valence-corrected chi connectivity index (χ1v) is 10.5. The fourth-order valence-electron chi connectivity index (χ4n) is 3.78. The van der Waals surface area contributed by atoms with Gasteiger partial charge in [0.1, 0.15) is 5.76 Å². The molecule has 0 unspecified atom stereocenters. The van der Waals surface area contributed by atoms with Crippen LogP contribution in [-0.2, 0) is 17.1 Å². The molecule has 192 valence electrons. The zero-order valence-electron chi connectivity index (χ0n) is 19.0. The average Bonchev–Trinajstić information content (AvgIpc) is 3.39. The summed E-state index contributed by atoms with van der Waals surface area (Å²) in [5.41, 5.74) is -3.53. The van der Waals surface area contributed by atoms with Crippen molar-refractivity contribution in [2.45, 2.75) is 26.2 Å². The average molecular weight is 522 g/mol. The minimum absolute atomic E-state index is 0.0373. The normalized spacial score (nSPS) is 12.7. The van der Waals surface area contributed by atoms with Crippen molar-refractivity contribution in [2.75, 3.05) is 0 Å². The highest BCUT2D eigenvalue weighted by molar-refractivity contribution is 6.19. The molecule has 37 heavy (non-hydrogen) atoms. The lowest BCUT2D eigenvalue weighted by Crippen LogP contribution is -2.09. The van der Waals surface area contributed by atoms with Crippen molar-refractivity contribution in [3.63, 3.8) is 0 Å². The molecule has 0 bridgehead atoms. The van der Waals surface area contributed by atoms with E-state index in [2.05, 4.69) is 15.2 Å². The van der Waals surface area contributed by atoms with Crippen molar-refractivity contribution < 1.29 is 40.8 Å². The van der Waals surface area contributed by atoms with Crippen molar-refractivity contribution in [2.24, 2.45) is 0 Å². The number of hydrogen-bond acceptors (Lipinski definition) is 5. The number of carbonyl (C=O) groups is 1. The molecule has 4 aromatic rings. The summed E-state index contributed by atoms with van der Waals surface area (Å²) in [5, 5.41) is 17.5. The van der Waals surface area contributed by atoms with Crippen LogP contribution in [0.15, 0.2) is 53.1 Å². The lowest BCUT2D eigenvalue weighted by Gasteiger charge is -2.12. The van der Waals surface area contributed by atoms with Crippen molar-refractivity contribution in [3.05, 3.63) is 76.7 Å². The van der Waals surface area contributed by atoms with Crippen LogP contribution < -0.4 is 0 Å². The van der Waals surface area contributed by atoms with Gasteiger partial charge in [-0.2, -0.15) is 26.3 Å². The second kappa shape index (κ2) is 9.22. The molecular weight excluding hydrogens is 506 g/mol. The Balaban J connectivity index is 2.05. The molecule has 1 N–H and O–H groups in total. The van der Waals surface area contributed by atoms with Crippen LogP contribution in [0, 0.1) is 13.8 Å². The monoisotopic (exact) mass is 522 g/mol. The maximum atomic E-state index is 13.8. The standard InChI is InChI=1S/C24H16F6N4O3/c1-12-19(13(2)37-33-12)16(22(35)36)11-34-21(15-8-4-6-10-18(15)24(28,29)30)31-20(32-34)14-7-3-5-9-17(14)23(25,26)27/h3-11H,1-2H3,(H,35,36). The summed E-state index contributed by atoms with van der Waals surface area (Å²) in [4.78, 5) is 16.1. The molecular formula is C24H16F6N4O3. The number of halogens is 6. The van der Waals surface area contributed by atoms with Gasteiger partial charge in [0.15, 0.2) is 11.6 Å². The Morgan fingerprint density at radius 2 is 1.46 bits per heavy atom. The second-order valence-corrected chi connectivity index (χ2v) is 7.84. The number of hydrogen-bond donors (Lipinski definition) is 1. The molecule has 0 radical (unpaired) electrons. The van der Waals surface area contributed by atoms with E-state index in [-0.39, 0.29) is 17.0 Å². The smallest absolute Gasteiger partial charge is 0.417 e. The third-order valence-corrected chi connectivity index (χ3v) is 5.36. The van der Waals surface area contributed by atoms with Crippen molar-refractivity contribution in [3.8, 4) is 22.8 Å². The van der Waals surface area contributed by atoms with Gasteiger partial charge in [-0.15, -0.1) is 5.10 Å². The van der Waals surface area contributed by atoms with E-state index >= 15 is 0 Å². The van der Waals surface area contributed by atoms with Crippen molar-refractivity contribution in [1.29, 1.82) is 0 Å². The topological polar surface area (TPSA) is 94.0 Å². The van der Waals surface area contributed by atoms with Crippen LogP contribution in [0.2, 0.25) is 0 Å². The van der Waals surface area contributed by atoms with E-state index in [0.717, 1.165) is 42.6 Å². The molecule has 13 heteroatoms. The summed E-state index contributed by atoms with van der Waals surface area (Å²) >= 11 is 0. The fourth-order valence-corrected chi connectivity index (χ4v) is 3.78. The molecule has 2 heterocycles. The summed E-state index contributed by atoms with van der Waals surface area (Å²) < 4.78 is 88.1. The highest BCUT2D eigenvalue weighted by Crippen LogP contribution is 2.39. The van der Waals surface area contributed by atoms with Gasteiger partial charge in [0.05, 0.1) is 28.0 Å². The predicted molar refractivity (Wildman–Crippen MR) is 119 cm³/mol.